The van der Waals surface area contributed by atoms with Crippen LogP contribution in [0.1, 0.15) is 23.1 Å². The van der Waals surface area contributed by atoms with E-state index < -0.39 is 5.97 Å². The highest BCUT2D eigenvalue weighted by molar-refractivity contribution is 7.98. The molecular weight excluding hydrogens is 286 g/mol. The van der Waals surface area contributed by atoms with Crippen LogP contribution in [0.2, 0.25) is 5.02 Å². The van der Waals surface area contributed by atoms with Gasteiger partial charge in [-0.15, -0.1) is 16.9 Å². The van der Waals surface area contributed by atoms with Crippen LogP contribution in [0.15, 0.2) is 23.1 Å². The normalized spacial score (nSPS) is 12.7. The van der Waals surface area contributed by atoms with E-state index >= 15 is 0 Å². The predicted octanol–water partition coefficient (Wildman–Crippen LogP) is 2.70. The molecule has 2 heterocycles. The minimum absolute atomic E-state index is 0.278. The second kappa shape index (κ2) is 4.86. The number of aromatic nitrogens is 3. The molecule has 0 saturated carbocycles. The molecule has 0 saturated heterocycles. The average Bonchev–Trinajstić information content (AvgIpc) is 2.83. The molecule has 3 rings (SSSR count). The van der Waals surface area contributed by atoms with Gasteiger partial charge in [0.05, 0.1) is 18.0 Å². The Hall–Kier alpha value is -1.53. The average molecular weight is 296 g/mol. The van der Waals surface area contributed by atoms with E-state index in [2.05, 4.69) is 10.3 Å². The van der Waals surface area contributed by atoms with Gasteiger partial charge in [0.1, 0.15) is 0 Å². The van der Waals surface area contributed by atoms with Crippen molar-refractivity contribution in [2.45, 2.75) is 17.6 Å². The van der Waals surface area contributed by atoms with Gasteiger partial charge in [-0.3, -0.25) is 0 Å². The molecule has 0 amide bonds. The number of benzene rings is 1. The monoisotopic (exact) mass is 295 g/mol. The second-order valence-electron chi connectivity index (χ2n) is 3.92. The molecule has 0 atom stereocenters. The van der Waals surface area contributed by atoms with Gasteiger partial charge in [-0.2, -0.15) is 0 Å². The van der Waals surface area contributed by atoms with Gasteiger partial charge >= 0.3 is 5.97 Å². The first-order chi connectivity index (χ1) is 9.20. The SMILES string of the molecule is CCOC(=O)c1nnn2c1CSc1ccc(Cl)cc1-2. The molecule has 1 aromatic carbocycles. The van der Waals surface area contributed by atoms with E-state index in [1.807, 2.05) is 18.2 Å². The molecule has 1 aliphatic rings. The fraction of sp³-hybridized carbons (Fsp3) is 0.250. The Morgan fingerprint density at radius 1 is 1.58 bits per heavy atom. The maximum absolute atomic E-state index is 11.8. The molecule has 0 radical (unpaired) electrons. The molecule has 98 valence electrons. The van der Waals surface area contributed by atoms with Crippen LogP contribution < -0.4 is 0 Å². The molecule has 5 nitrogen and oxygen atoms in total. The first-order valence-electron chi connectivity index (χ1n) is 5.75. The van der Waals surface area contributed by atoms with Crippen molar-refractivity contribution in [2.24, 2.45) is 0 Å². The standard InChI is InChI=1S/C12H10ClN3O2S/c1-2-18-12(17)11-9-6-19-10-4-3-7(13)5-8(10)16(9)15-14-11/h3-5H,2,6H2,1H3. The van der Waals surface area contributed by atoms with Crippen molar-refractivity contribution in [3.8, 4) is 5.69 Å². The van der Waals surface area contributed by atoms with E-state index in [-0.39, 0.29) is 5.69 Å². The summed E-state index contributed by atoms with van der Waals surface area (Å²) in [7, 11) is 0. The van der Waals surface area contributed by atoms with E-state index in [4.69, 9.17) is 16.3 Å². The number of halogens is 1. The lowest BCUT2D eigenvalue weighted by Gasteiger charge is -2.17. The Morgan fingerprint density at radius 3 is 3.21 bits per heavy atom. The van der Waals surface area contributed by atoms with Gasteiger partial charge in [0.15, 0.2) is 5.69 Å². The van der Waals surface area contributed by atoms with E-state index in [1.54, 1.807) is 23.4 Å². The maximum atomic E-state index is 11.8. The molecule has 0 fully saturated rings. The smallest absolute Gasteiger partial charge is 0.360 e. The van der Waals surface area contributed by atoms with Crippen LogP contribution in [-0.2, 0) is 10.5 Å². The van der Waals surface area contributed by atoms with Crippen LogP contribution in [-0.4, -0.2) is 27.6 Å². The van der Waals surface area contributed by atoms with Gasteiger partial charge in [0.25, 0.3) is 0 Å². The highest BCUT2D eigenvalue weighted by atomic mass is 35.5. The summed E-state index contributed by atoms with van der Waals surface area (Å²) in [5.74, 6) is 0.199. The molecule has 1 aliphatic heterocycles. The minimum atomic E-state index is -0.435. The molecule has 1 aromatic heterocycles. The first kappa shape index (κ1) is 12.5. The van der Waals surface area contributed by atoms with Crippen molar-refractivity contribution in [1.82, 2.24) is 15.0 Å². The lowest BCUT2D eigenvalue weighted by molar-refractivity contribution is 0.0518. The van der Waals surface area contributed by atoms with Crippen LogP contribution in [0, 0.1) is 0 Å². The van der Waals surface area contributed by atoms with E-state index in [1.165, 1.54) is 0 Å². The summed E-state index contributed by atoms with van der Waals surface area (Å²) in [4.78, 5) is 12.9. The van der Waals surface area contributed by atoms with Gasteiger partial charge in [-0.1, -0.05) is 16.8 Å². The van der Waals surface area contributed by atoms with Crippen LogP contribution in [0.4, 0.5) is 0 Å². The fourth-order valence-electron chi connectivity index (χ4n) is 1.91. The topological polar surface area (TPSA) is 57.0 Å². The third-order valence-electron chi connectivity index (χ3n) is 2.75. The van der Waals surface area contributed by atoms with Gasteiger partial charge in [0, 0.05) is 15.7 Å². The molecule has 0 N–H and O–H groups in total. The minimum Gasteiger partial charge on any atom is -0.461 e. The molecule has 0 aliphatic carbocycles. The fourth-order valence-corrected chi connectivity index (χ4v) is 3.08. The molecule has 2 aromatic rings. The van der Waals surface area contributed by atoms with Gasteiger partial charge in [-0.05, 0) is 25.1 Å². The molecule has 19 heavy (non-hydrogen) atoms. The number of thioether (sulfide) groups is 1. The first-order valence-corrected chi connectivity index (χ1v) is 7.11. The zero-order valence-electron chi connectivity index (χ0n) is 10.1. The van der Waals surface area contributed by atoms with Crippen molar-refractivity contribution in [3.63, 3.8) is 0 Å². The number of esters is 1. The van der Waals surface area contributed by atoms with Crippen molar-refractivity contribution in [3.05, 3.63) is 34.6 Å². The predicted molar refractivity (Wildman–Crippen MR) is 71.9 cm³/mol. The molecule has 0 spiro atoms. The van der Waals surface area contributed by atoms with Crippen LogP contribution >= 0.6 is 23.4 Å². The van der Waals surface area contributed by atoms with E-state index in [0.29, 0.717) is 17.4 Å². The zero-order valence-corrected chi connectivity index (χ0v) is 11.7. The largest absolute Gasteiger partial charge is 0.461 e. The number of fused-ring (bicyclic) bond motifs is 3. The van der Waals surface area contributed by atoms with Crippen LogP contribution in [0.5, 0.6) is 0 Å². The molecule has 0 unspecified atom stereocenters. The molecule has 7 heteroatoms. The number of hydrogen-bond acceptors (Lipinski definition) is 5. The van der Waals surface area contributed by atoms with E-state index in [0.717, 1.165) is 16.3 Å². The number of ether oxygens (including phenoxy) is 1. The summed E-state index contributed by atoms with van der Waals surface area (Å²) in [6, 6.07) is 5.59. The van der Waals surface area contributed by atoms with Gasteiger partial charge in [0.2, 0.25) is 0 Å². The number of carbonyl (C=O) groups excluding carboxylic acids is 1. The molecule has 0 bridgehead atoms. The highest BCUT2D eigenvalue weighted by Crippen LogP contribution is 2.36. The third-order valence-corrected chi connectivity index (χ3v) is 4.05. The van der Waals surface area contributed by atoms with Crippen molar-refractivity contribution in [1.29, 1.82) is 0 Å². The summed E-state index contributed by atoms with van der Waals surface area (Å²) < 4.78 is 6.63. The lowest BCUT2D eigenvalue weighted by atomic mass is 10.3. The Kier molecular flexibility index (Phi) is 3.20. The quantitative estimate of drug-likeness (QED) is 0.797. The second-order valence-corrected chi connectivity index (χ2v) is 5.37. The number of rotatable bonds is 2. The summed E-state index contributed by atoms with van der Waals surface area (Å²) in [6.07, 6.45) is 0. The summed E-state index contributed by atoms with van der Waals surface area (Å²) in [5.41, 5.74) is 1.87. The Labute approximate surface area is 118 Å². The Balaban J connectivity index is 2.09. The zero-order chi connectivity index (χ0) is 13.4. The van der Waals surface area contributed by atoms with Gasteiger partial charge in [-0.25, -0.2) is 9.48 Å². The van der Waals surface area contributed by atoms with Crippen molar-refractivity contribution >= 4 is 29.3 Å². The Bertz CT molecular complexity index is 656. The van der Waals surface area contributed by atoms with Crippen molar-refractivity contribution < 1.29 is 9.53 Å². The van der Waals surface area contributed by atoms with Crippen molar-refractivity contribution in [2.75, 3.05) is 6.61 Å². The highest BCUT2D eigenvalue weighted by Gasteiger charge is 2.26. The third kappa shape index (κ3) is 2.11. The summed E-state index contributed by atoms with van der Waals surface area (Å²) >= 11 is 7.63. The molecular formula is C12H10ClN3O2S. The van der Waals surface area contributed by atoms with E-state index in [9.17, 15) is 4.79 Å². The Morgan fingerprint density at radius 2 is 2.42 bits per heavy atom. The number of hydrogen-bond donors (Lipinski definition) is 0. The number of nitrogens with zero attached hydrogens (tertiary/aromatic N) is 3. The lowest BCUT2D eigenvalue weighted by Crippen LogP contribution is -2.12. The van der Waals surface area contributed by atoms with Crippen LogP contribution in [0.25, 0.3) is 5.69 Å². The summed E-state index contributed by atoms with van der Waals surface area (Å²) in [6.45, 7) is 2.08. The summed E-state index contributed by atoms with van der Waals surface area (Å²) in [5, 5.41) is 8.59. The van der Waals surface area contributed by atoms with Crippen LogP contribution in [0.3, 0.4) is 0 Å². The number of carbonyl (C=O) groups is 1. The van der Waals surface area contributed by atoms with Gasteiger partial charge < -0.3 is 4.74 Å². The maximum Gasteiger partial charge on any atom is 0.360 e.